The third kappa shape index (κ3) is 11.5. The van der Waals surface area contributed by atoms with Gasteiger partial charge in [0.2, 0.25) is 0 Å². The number of nitrogens with zero attached hydrogens (tertiary/aromatic N) is 6. The van der Waals surface area contributed by atoms with Gasteiger partial charge in [-0.2, -0.15) is 5.26 Å². The minimum absolute atomic E-state index is 0.200. The molecule has 6 nitrogen and oxygen atoms in total. The summed E-state index contributed by atoms with van der Waals surface area (Å²) in [4.78, 5) is 9.36. The van der Waals surface area contributed by atoms with Crippen LogP contribution in [0.2, 0.25) is 0 Å². The second-order valence-electron chi connectivity index (χ2n) is 32.2. The Kier molecular flexibility index (Phi) is 16.2. The van der Waals surface area contributed by atoms with Gasteiger partial charge in [-0.1, -0.05) is 296 Å². The average Bonchev–Trinajstić information content (AvgIpc) is 1.45. The summed E-state index contributed by atoms with van der Waals surface area (Å²) >= 11 is 0. The van der Waals surface area contributed by atoms with Gasteiger partial charge in [0.1, 0.15) is 0 Å². The summed E-state index contributed by atoms with van der Waals surface area (Å²) < 4.78 is 4.94. The van der Waals surface area contributed by atoms with Gasteiger partial charge in [-0.05, 0) is 197 Å². The van der Waals surface area contributed by atoms with Crippen molar-refractivity contribution >= 4 is 107 Å². The Bertz CT molecular complexity index is 6490. The molecule has 0 radical (unpaired) electrons. The first kappa shape index (κ1) is 68.1. The van der Waals surface area contributed by atoms with Crippen molar-refractivity contribution in [3.63, 3.8) is 0 Å². The molecule has 2 aliphatic rings. The first-order chi connectivity index (χ1) is 55.2. The van der Waals surface area contributed by atoms with E-state index in [1.165, 1.54) is 32.7 Å². The minimum atomic E-state index is -0.356. The molecule has 0 atom stereocenters. The smallest absolute Gasteiger partial charge is 0.252 e. The molecular formula is C106H77BN6. The molecule has 0 saturated heterocycles. The van der Waals surface area contributed by atoms with Gasteiger partial charge >= 0.3 is 0 Å². The molecule has 2 aliphatic heterocycles. The van der Waals surface area contributed by atoms with Gasteiger partial charge < -0.3 is 18.9 Å². The van der Waals surface area contributed by atoms with E-state index in [1.807, 2.05) is 36.4 Å². The number of benzene rings is 16. The summed E-state index contributed by atoms with van der Waals surface area (Å²) in [6, 6.07) is 135. The van der Waals surface area contributed by atoms with E-state index in [-0.39, 0.29) is 17.5 Å². The predicted molar refractivity (Wildman–Crippen MR) is 476 cm³/mol. The lowest BCUT2D eigenvalue weighted by atomic mass is 9.33. The first-order valence-corrected chi connectivity index (χ1v) is 39.0. The summed E-state index contributed by atoms with van der Waals surface area (Å²) in [5.74, 6) is 0. The van der Waals surface area contributed by atoms with Crippen molar-refractivity contribution in [2.45, 2.75) is 52.4 Å². The fourth-order valence-corrected chi connectivity index (χ4v) is 18.0. The highest BCUT2D eigenvalue weighted by atomic mass is 15.2. The standard InChI is InChI=1S/C106H77BN6/c1-105(2,3)79-40-26-38-74(56-79)90-61-76(72-36-25-29-68(55-72)67-108)59-88(70-32-13-9-14-33-70)103(90)112-98-65-82(110-94-47-21-17-43-84(94)85-44-18-22-48-95(85)110)51-53-92(98)107-93-54-52-83(111-96-49-23-19-45-86(96)87-46-20-24-50-97(87)111)66-99(93)113(101-64-78(63-100(112)102(101)107)69-30-11-8-12-31-69)104-89(71-34-15-10-16-35-71)60-77(73-37-28-42-81(58-73)109-7)62-91(104)75-39-27-41-80(57-75)106(4,5)6/h8-66H,1-6H3. The number of anilines is 6. The predicted octanol–water partition coefficient (Wildman–Crippen LogP) is 26.6. The fourth-order valence-electron chi connectivity index (χ4n) is 18.0. The van der Waals surface area contributed by atoms with E-state index in [0.717, 1.165) is 162 Å². The number of nitriles is 1. The molecule has 0 unspecified atom stereocenters. The lowest BCUT2D eigenvalue weighted by molar-refractivity contribution is 0.590. The monoisotopic (exact) mass is 1440 g/mol. The van der Waals surface area contributed by atoms with Crippen molar-refractivity contribution in [2.24, 2.45) is 0 Å². The van der Waals surface area contributed by atoms with Crippen molar-refractivity contribution in [2.75, 3.05) is 9.80 Å². The summed E-state index contributed by atoms with van der Waals surface area (Å²) in [5.41, 5.74) is 33.8. The number of aromatic nitrogens is 2. The minimum Gasteiger partial charge on any atom is -0.310 e. The molecule has 0 fully saturated rings. The topological polar surface area (TPSA) is 44.5 Å². The molecule has 0 amide bonds. The SMILES string of the molecule is [C-]#[N+]c1cccc(-c2cc(-c3ccccc3)c(N3c4cc(-n5c6ccccc6c6ccccc65)ccc4B4c5ccc(-n6c7ccccc7c7ccccc76)cc5N(c5c(-c6ccccc6)cc(-c6cccc(C#N)c6)cc5-c5cccc(C(C)(C)C)c5)c5cc(-c6ccccc6)cc3c54)c(-c3cccc(C(C)(C)C)c3)c2)c1. The van der Waals surface area contributed by atoms with Gasteiger partial charge in [-0.15, -0.1) is 0 Å². The van der Waals surface area contributed by atoms with Crippen LogP contribution in [0.15, 0.2) is 358 Å². The molecule has 534 valence electrons. The van der Waals surface area contributed by atoms with Crippen LogP contribution < -0.4 is 26.2 Å². The lowest BCUT2D eigenvalue weighted by Gasteiger charge is -2.46. The molecule has 0 N–H and O–H groups in total. The van der Waals surface area contributed by atoms with E-state index in [1.54, 1.807) is 0 Å². The van der Waals surface area contributed by atoms with Gasteiger partial charge in [-0.25, -0.2) is 4.85 Å². The molecule has 0 spiro atoms. The molecule has 0 saturated carbocycles. The van der Waals surface area contributed by atoms with Gasteiger partial charge in [0.05, 0.1) is 51.6 Å². The molecule has 4 heterocycles. The Morgan fingerprint density at radius 2 is 0.655 bits per heavy atom. The lowest BCUT2D eigenvalue weighted by Crippen LogP contribution is -2.61. The zero-order chi connectivity index (χ0) is 76.4. The van der Waals surface area contributed by atoms with Crippen molar-refractivity contribution in [3.8, 4) is 95.3 Å². The maximum atomic E-state index is 10.6. The van der Waals surface area contributed by atoms with E-state index in [4.69, 9.17) is 6.57 Å². The maximum Gasteiger partial charge on any atom is 0.252 e. The second kappa shape index (κ2) is 26.8. The van der Waals surface area contributed by atoms with E-state index >= 15 is 0 Å². The van der Waals surface area contributed by atoms with Crippen LogP contribution in [-0.2, 0) is 10.8 Å². The van der Waals surface area contributed by atoms with E-state index in [0.29, 0.717) is 11.3 Å². The highest BCUT2D eigenvalue weighted by Gasteiger charge is 2.46. The largest absolute Gasteiger partial charge is 0.310 e. The molecule has 2 aromatic heterocycles. The van der Waals surface area contributed by atoms with Crippen molar-refractivity contribution in [1.82, 2.24) is 9.13 Å². The Morgan fingerprint density at radius 3 is 1.07 bits per heavy atom. The van der Waals surface area contributed by atoms with Gasteiger partial charge in [-0.3, -0.25) is 0 Å². The van der Waals surface area contributed by atoms with Crippen LogP contribution in [-0.4, -0.2) is 15.8 Å². The van der Waals surface area contributed by atoms with Crippen LogP contribution in [0.4, 0.5) is 39.8 Å². The quantitative estimate of drug-likeness (QED) is 0.0958. The number of rotatable bonds is 11. The molecule has 16 aromatic carbocycles. The molecule has 0 bridgehead atoms. The maximum absolute atomic E-state index is 10.6. The third-order valence-electron chi connectivity index (χ3n) is 23.4. The van der Waals surface area contributed by atoms with Crippen molar-refractivity contribution in [3.05, 3.63) is 386 Å². The Morgan fingerprint density at radius 1 is 0.301 bits per heavy atom. The number of hydrogen-bond donors (Lipinski definition) is 0. The fraction of sp³-hybridized carbons (Fsp3) is 0.0755. The number of hydrogen-bond acceptors (Lipinski definition) is 3. The molecular weight excluding hydrogens is 1370 g/mol. The van der Waals surface area contributed by atoms with Crippen LogP contribution in [0.25, 0.3) is 138 Å². The Labute approximate surface area is 660 Å². The highest BCUT2D eigenvalue weighted by Crippen LogP contribution is 2.56. The molecule has 113 heavy (non-hydrogen) atoms. The zero-order valence-electron chi connectivity index (χ0n) is 63.8. The first-order valence-electron chi connectivity index (χ1n) is 39.0. The van der Waals surface area contributed by atoms with E-state index < -0.39 is 0 Å². The summed E-state index contributed by atoms with van der Waals surface area (Å²) in [6.45, 7) is 21.8. The van der Waals surface area contributed by atoms with Crippen molar-refractivity contribution in [1.29, 1.82) is 5.26 Å². The zero-order valence-corrected chi connectivity index (χ0v) is 63.8. The normalized spacial score (nSPS) is 12.4. The molecule has 20 rings (SSSR count). The van der Waals surface area contributed by atoms with Gasteiger partial charge in [0, 0.05) is 77.9 Å². The molecule has 7 heteroatoms. The van der Waals surface area contributed by atoms with E-state index in [9.17, 15) is 5.26 Å². The van der Waals surface area contributed by atoms with Crippen LogP contribution in [0.5, 0.6) is 0 Å². The second-order valence-corrected chi connectivity index (χ2v) is 32.2. The summed E-state index contributed by atoms with van der Waals surface area (Å²) in [5, 5.41) is 15.4. The highest BCUT2D eigenvalue weighted by molar-refractivity contribution is 7.00. The van der Waals surface area contributed by atoms with Crippen LogP contribution >= 0.6 is 0 Å². The van der Waals surface area contributed by atoms with Crippen molar-refractivity contribution < 1.29 is 0 Å². The summed E-state index contributed by atoms with van der Waals surface area (Å²) in [6.07, 6.45) is 0. The molecule has 18 aromatic rings. The van der Waals surface area contributed by atoms with Gasteiger partial charge in [0.15, 0.2) is 5.69 Å². The van der Waals surface area contributed by atoms with Crippen LogP contribution in [0.1, 0.15) is 58.2 Å². The summed E-state index contributed by atoms with van der Waals surface area (Å²) in [7, 11) is 0. The third-order valence-corrected chi connectivity index (χ3v) is 23.4. The molecule has 0 aliphatic carbocycles. The van der Waals surface area contributed by atoms with Gasteiger partial charge in [0.25, 0.3) is 6.71 Å². The number of fused-ring (bicyclic) bond motifs is 10. The average molecular weight is 1450 g/mol. The Hall–Kier alpha value is -14.2. The van der Waals surface area contributed by atoms with Crippen LogP contribution in [0, 0.1) is 17.9 Å². The van der Waals surface area contributed by atoms with E-state index in [2.05, 4.69) is 393 Å². The van der Waals surface area contributed by atoms with Crippen LogP contribution in [0.3, 0.4) is 0 Å². The Balaban J connectivity index is 0.992. The number of para-hydroxylation sites is 4.